The Hall–Kier alpha value is -3.67. The van der Waals surface area contributed by atoms with Crippen LogP contribution in [0.2, 0.25) is 0 Å². The normalized spacial score (nSPS) is 14.6. The van der Waals surface area contributed by atoms with Gasteiger partial charge >= 0.3 is 0 Å². The molecule has 0 saturated heterocycles. The predicted molar refractivity (Wildman–Crippen MR) is 136 cm³/mol. The first-order valence-corrected chi connectivity index (χ1v) is 12.2. The van der Waals surface area contributed by atoms with E-state index in [0.717, 1.165) is 31.2 Å². The molecule has 1 aliphatic carbocycles. The zero-order valence-corrected chi connectivity index (χ0v) is 20.5. The molecule has 6 nitrogen and oxygen atoms in total. The molecule has 3 aromatic rings. The average molecular weight is 473 g/mol. The van der Waals surface area contributed by atoms with E-state index in [1.54, 1.807) is 36.4 Å². The molecule has 35 heavy (non-hydrogen) atoms. The molecular formula is C29H32N2O4. The number of anilines is 1. The third-order valence-electron chi connectivity index (χ3n) is 6.63. The van der Waals surface area contributed by atoms with Crippen LogP contribution in [0.25, 0.3) is 0 Å². The number of rotatable bonds is 8. The summed E-state index contributed by atoms with van der Waals surface area (Å²) in [4.78, 5) is 40.8. The van der Waals surface area contributed by atoms with Crippen molar-refractivity contribution < 1.29 is 18.8 Å². The molecule has 2 aromatic carbocycles. The van der Waals surface area contributed by atoms with Gasteiger partial charge in [0.05, 0.1) is 6.26 Å². The summed E-state index contributed by atoms with van der Waals surface area (Å²) in [7, 11) is 0. The molecule has 0 aliphatic heterocycles. The van der Waals surface area contributed by atoms with Gasteiger partial charge in [-0.05, 0) is 73.2 Å². The summed E-state index contributed by atoms with van der Waals surface area (Å²) in [5.74, 6) is -0.247. The Morgan fingerprint density at radius 1 is 0.914 bits per heavy atom. The van der Waals surface area contributed by atoms with E-state index in [2.05, 4.69) is 19.2 Å². The number of carbonyl (C=O) groups is 3. The standard InChI is InChI=1S/C29H32N2O4/c1-19(2)21-10-12-23(13-11-21)27(28(33)30-24-7-4-5-8-24)31(29(34)26-9-6-18-35-26)25-16-14-22(15-17-25)20(3)32/h6,9-19,24,27H,4-5,7-8H2,1-3H3,(H,30,33)/t27-/m1/s1. The maximum absolute atomic E-state index is 13.8. The SMILES string of the molecule is CC(=O)c1ccc(N(C(=O)c2ccco2)[C@@H](C(=O)NC2CCCC2)c2ccc(C(C)C)cc2)cc1. The zero-order valence-electron chi connectivity index (χ0n) is 20.5. The van der Waals surface area contributed by atoms with E-state index in [4.69, 9.17) is 4.42 Å². The Morgan fingerprint density at radius 2 is 1.54 bits per heavy atom. The number of furan rings is 1. The molecule has 0 radical (unpaired) electrons. The molecule has 1 saturated carbocycles. The molecular weight excluding hydrogens is 440 g/mol. The van der Waals surface area contributed by atoms with Gasteiger partial charge in [0.2, 0.25) is 5.91 Å². The van der Waals surface area contributed by atoms with E-state index >= 15 is 0 Å². The van der Waals surface area contributed by atoms with Crippen molar-refractivity contribution in [1.29, 1.82) is 0 Å². The number of hydrogen-bond donors (Lipinski definition) is 1. The summed E-state index contributed by atoms with van der Waals surface area (Å²) in [6.45, 7) is 5.72. The maximum Gasteiger partial charge on any atom is 0.294 e. The van der Waals surface area contributed by atoms with Crippen molar-refractivity contribution in [3.8, 4) is 0 Å². The highest BCUT2D eigenvalue weighted by Gasteiger charge is 2.35. The lowest BCUT2D eigenvalue weighted by molar-refractivity contribution is -0.123. The lowest BCUT2D eigenvalue weighted by Gasteiger charge is -2.32. The van der Waals surface area contributed by atoms with Crippen LogP contribution in [-0.4, -0.2) is 23.6 Å². The number of amides is 2. The lowest BCUT2D eigenvalue weighted by atomic mass is 9.97. The van der Waals surface area contributed by atoms with Gasteiger partial charge in [0, 0.05) is 17.3 Å². The molecule has 1 atom stereocenters. The van der Waals surface area contributed by atoms with Crippen molar-refractivity contribution in [1.82, 2.24) is 5.32 Å². The van der Waals surface area contributed by atoms with Crippen molar-refractivity contribution in [2.45, 2.75) is 64.5 Å². The molecule has 0 bridgehead atoms. The largest absolute Gasteiger partial charge is 0.459 e. The number of carbonyl (C=O) groups excluding carboxylic acids is 3. The molecule has 1 N–H and O–H groups in total. The molecule has 182 valence electrons. The third-order valence-corrected chi connectivity index (χ3v) is 6.63. The molecule has 6 heteroatoms. The van der Waals surface area contributed by atoms with Crippen molar-refractivity contribution >= 4 is 23.3 Å². The Kier molecular flexibility index (Phi) is 7.49. The minimum absolute atomic E-state index is 0.0692. The first-order chi connectivity index (χ1) is 16.8. The van der Waals surface area contributed by atoms with Crippen LogP contribution >= 0.6 is 0 Å². The second-order valence-electron chi connectivity index (χ2n) is 9.47. The second kappa shape index (κ2) is 10.7. The number of nitrogens with zero attached hydrogens (tertiary/aromatic N) is 1. The minimum atomic E-state index is -0.905. The summed E-state index contributed by atoms with van der Waals surface area (Å²) in [6, 6.07) is 17.0. The quantitative estimate of drug-likeness (QED) is 0.405. The Labute approximate surface area is 206 Å². The Balaban J connectivity index is 1.80. The van der Waals surface area contributed by atoms with E-state index in [0.29, 0.717) is 22.7 Å². The fourth-order valence-electron chi connectivity index (χ4n) is 4.59. The molecule has 2 amide bonds. The highest BCUT2D eigenvalue weighted by atomic mass is 16.3. The highest BCUT2D eigenvalue weighted by molar-refractivity contribution is 6.09. The molecule has 0 unspecified atom stereocenters. The predicted octanol–water partition coefficient (Wildman–Crippen LogP) is 6.05. The Morgan fingerprint density at radius 3 is 2.09 bits per heavy atom. The van der Waals surface area contributed by atoms with Crippen LogP contribution < -0.4 is 10.2 Å². The zero-order chi connectivity index (χ0) is 24.9. The number of nitrogens with one attached hydrogen (secondary N) is 1. The van der Waals surface area contributed by atoms with Gasteiger partial charge in [0.1, 0.15) is 6.04 Å². The van der Waals surface area contributed by atoms with Crippen LogP contribution in [0, 0.1) is 0 Å². The topological polar surface area (TPSA) is 79.6 Å². The van der Waals surface area contributed by atoms with Crippen molar-refractivity contribution in [2.24, 2.45) is 0 Å². The van der Waals surface area contributed by atoms with Crippen molar-refractivity contribution in [3.05, 3.63) is 89.4 Å². The number of Topliss-reactive ketones (excluding diaryl/α,β-unsaturated/α-hetero) is 1. The van der Waals surface area contributed by atoms with Crippen LogP contribution in [0.1, 0.15) is 90.5 Å². The van der Waals surface area contributed by atoms with E-state index in [1.165, 1.54) is 18.1 Å². The van der Waals surface area contributed by atoms with Crippen LogP contribution in [0.3, 0.4) is 0 Å². The molecule has 1 heterocycles. The highest BCUT2D eigenvalue weighted by Crippen LogP contribution is 2.32. The van der Waals surface area contributed by atoms with Gasteiger partial charge in [-0.3, -0.25) is 19.3 Å². The van der Waals surface area contributed by atoms with E-state index in [-0.39, 0.29) is 23.5 Å². The summed E-state index contributed by atoms with van der Waals surface area (Å²) in [6.07, 6.45) is 5.48. The molecule has 4 rings (SSSR count). The smallest absolute Gasteiger partial charge is 0.294 e. The summed E-state index contributed by atoms with van der Waals surface area (Å²) in [5.41, 5.74) is 2.90. The van der Waals surface area contributed by atoms with E-state index in [9.17, 15) is 14.4 Å². The van der Waals surface area contributed by atoms with Crippen molar-refractivity contribution in [3.63, 3.8) is 0 Å². The van der Waals surface area contributed by atoms with Crippen LogP contribution in [0.15, 0.2) is 71.3 Å². The fourth-order valence-corrected chi connectivity index (χ4v) is 4.59. The number of benzene rings is 2. The maximum atomic E-state index is 13.8. The summed E-state index contributed by atoms with van der Waals surface area (Å²) >= 11 is 0. The van der Waals surface area contributed by atoms with Gasteiger partial charge < -0.3 is 9.73 Å². The van der Waals surface area contributed by atoms with Crippen LogP contribution in [0.4, 0.5) is 5.69 Å². The first-order valence-electron chi connectivity index (χ1n) is 12.2. The second-order valence-corrected chi connectivity index (χ2v) is 9.47. The van der Waals surface area contributed by atoms with E-state index in [1.807, 2.05) is 24.3 Å². The van der Waals surface area contributed by atoms with E-state index < -0.39 is 11.9 Å². The summed E-state index contributed by atoms with van der Waals surface area (Å²) < 4.78 is 5.43. The van der Waals surface area contributed by atoms with Gasteiger partial charge in [-0.2, -0.15) is 0 Å². The van der Waals surface area contributed by atoms with Gasteiger partial charge in [0.25, 0.3) is 5.91 Å². The Bertz CT molecular complexity index is 1160. The lowest BCUT2D eigenvalue weighted by Crippen LogP contribution is -2.46. The van der Waals surface area contributed by atoms with Gasteiger partial charge in [-0.1, -0.05) is 51.0 Å². The van der Waals surface area contributed by atoms with Gasteiger partial charge in [-0.15, -0.1) is 0 Å². The molecule has 1 aromatic heterocycles. The minimum Gasteiger partial charge on any atom is -0.459 e. The number of ketones is 1. The van der Waals surface area contributed by atoms with Crippen LogP contribution in [0.5, 0.6) is 0 Å². The van der Waals surface area contributed by atoms with Crippen LogP contribution in [-0.2, 0) is 4.79 Å². The van der Waals surface area contributed by atoms with Gasteiger partial charge in [0.15, 0.2) is 11.5 Å². The fraction of sp³-hybridized carbons (Fsp3) is 0.345. The molecule has 1 aliphatic rings. The summed E-state index contributed by atoms with van der Waals surface area (Å²) in [5, 5.41) is 3.18. The average Bonchev–Trinajstić information content (AvgIpc) is 3.57. The molecule has 1 fully saturated rings. The first kappa shape index (κ1) is 24.5. The monoisotopic (exact) mass is 472 g/mol. The third kappa shape index (κ3) is 5.53. The van der Waals surface area contributed by atoms with Crippen molar-refractivity contribution in [2.75, 3.05) is 4.90 Å². The molecule has 0 spiro atoms. The van der Waals surface area contributed by atoms with Gasteiger partial charge in [-0.25, -0.2) is 0 Å². The number of hydrogen-bond acceptors (Lipinski definition) is 4.